The lowest BCUT2D eigenvalue weighted by atomic mass is 10.1. The van der Waals surface area contributed by atoms with Gasteiger partial charge in [-0.2, -0.15) is 4.98 Å². The van der Waals surface area contributed by atoms with Crippen LogP contribution in [0.4, 0.5) is 4.39 Å². The van der Waals surface area contributed by atoms with Crippen molar-refractivity contribution in [3.8, 4) is 11.4 Å². The van der Waals surface area contributed by atoms with Crippen molar-refractivity contribution in [1.29, 1.82) is 0 Å². The Morgan fingerprint density at radius 1 is 1.35 bits per heavy atom. The second-order valence-electron chi connectivity index (χ2n) is 4.60. The summed E-state index contributed by atoms with van der Waals surface area (Å²) in [5.74, 6) is 0.501. The third-order valence-corrected chi connectivity index (χ3v) is 2.41. The Hall–Kier alpha value is -1.75. The van der Waals surface area contributed by atoms with E-state index in [1.807, 2.05) is 0 Å². The Morgan fingerprint density at radius 2 is 2.06 bits per heavy atom. The molecule has 0 amide bonds. The molecule has 0 saturated carbocycles. The van der Waals surface area contributed by atoms with Crippen LogP contribution in [-0.4, -0.2) is 10.1 Å². The summed E-state index contributed by atoms with van der Waals surface area (Å²) in [5, 5.41) is 3.85. The first-order valence-corrected chi connectivity index (χ1v) is 5.27. The number of halogens is 1. The first kappa shape index (κ1) is 11.7. The standard InChI is InChI=1S/C12H14FN3O/c1-7-6-8(13)4-5-9(7)10-15-11(17-16-10)12(2,3)14/h4-6H,14H2,1-3H3. The normalized spacial score (nSPS) is 11.8. The van der Waals surface area contributed by atoms with E-state index in [4.69, 9.17) is 10.3 Å². The van der Waals surface area contributed by atoms with Crippen LogP contribution < -0.4 is 5.73 Å². The minimum atomic E-state index is -0.681. The molecule has 0 radical (unpaired) electrons. The first-order chi connectivity index (χ1) is 7.88. The van der Waals surface area contributed by atoms with Gasteiger partial charge in [-0.1, -0.05) is 5.16 Å². The molecule has 1 aromatic heterocycles. The van der Waals surface area contributed by atoms with Gasteiger partial charge in [0.2, 0.25) is 11.7 Å². The van der Waals surface area contributed by atoms with Gasteiger partial charge >= 0.3 is 0 Å². The highest BCUT2D eigenvalue weighted by Crippen LogP contribution is 2.23. The molecule has 2 rings (SSSR count). The minimum absolute atomic E-state index is 0.283. The molecule has 5 heteroatoms. The third-order valence-electron chi connectivity index (χ3n) is 2.41. The SMILES string of the molecule is Cc1cc(F)ccc1-c1noc(C(C)(C)N)n1. The van der Waals surface area contributed by atoms with Gasteiger partial charge in [-0.15, -0.1) is 0 Å². The predicted octanol–water partition coefficient (Wildman–Crippen LogP) is 2.38. The van der Waals surface area contributed by atoms with Crippen LogP contribution in [0, 0.1) is 12.7 Å². The molecular weight excluding hydrogens is 221 g/mol. The van der Waals surface area contributed by atoms with Crippen molar-refractivity contribution in [2.45, 2.75) is 26.3 Å². The first-order valence-electron chi connectivity index (χ1n) is 5.27. The fraction of sp³-hybridized carbons (Fsp3) is 0.333. The van der Waals surface area contributed by atoms with E-state index >= 15 is 0 Å². The molecule has 2 N–H and O–H groups in total. The van der Waals surface area contributed by atoms with Gasteiger partial charge in [0.05, 0.1) is 5.54 Å². The molecule has 1 heterocycles. The fourth-order valence-electron chi connectivity index (χ4n) is 1.47. The average Bonchev–Trinajstić information content (AvgIpc) is 2.65. The molecule has 0 spiro atoms. The van der Waals surface area contributed by atoms with Crippen LogP contribution in [0.1, 0.15) is 25.3 Å². The molecule has 17 heavy (non-hydrogen) atoms. The molecule has 2 aromatic rings. The molecule has 0 aliphatic heterocycles. The topological polar surface area (TPSA) is 64.9 Å². The second kappa shape index (κ2) is 3.92. The fourth-order valence-corrected chi connectivity index (χ4v) is 1.47. The lowest BCUT2D eigenvalue weighted by Gasteiger charge is -2.10. The van der Waals surface area contributed by atoms with E-state index in [9.17, 15) is 4.39 Å². The van der Waals surface area contributed by atoms with E-state index in [-0.39, 0.29) is 5.82 Å². The van der Waals surface area contributed by atoms with Crippen molar-refractivity contribution in [1.82, 2.24) is 10.1 Å². The number of nitrogens with zero attached hydrogens (tertiary/aromatic N) is 2. The van der Waals surface area contributed by atoms with E-state index in [1.54, 1.807) is 26.8 Å². The molecule has 0 aliphatic carbocycles. The number of nitrogens with two attached hydrogens (primary N) is 1. The molecule has 0 saturated heterocycles. The van der Waals surface area contributed by atoms with Gasteiger partial charge in [0.1, 0.15) is 5.82 Å². The van der Waals surface area contributed by atoms with Crippen LogP contribution in [0.5, 0.6) is 0 Å². The highest BCUT2D eigenvalue weighted by molar-refractivity contribution is 5.59. The van der Waals surface area contributed by atoms with Crippen molar-refractivity contribution in [2.75, 3.05) is 0 Å². The Labute approximate surface area is 98.6 Å². The van der Waals surface area contributed by atoms with Gasteiger partial charge in [-0.25, -0.2) is 4.39 Å². The molecular formula is C12H14FN3O. The highest BCUT2D eigenvalue weighted by Gasteiger charge is 2.23. The zero-order valence-corrected chi connectivity index (χ0v) is 9.99. The Morgan fingerprint density at radius 3 is 2.59 bits per heavy atom. The Kier molecular flexibility index (Phi) is 2.71. The molecule has 90 valence electrons. The second-order valence-corrected chi connectivity index (χ2v) is 4.60. The summed E-state index contributed by atoms with van der Waals surface area (Å²) in [6.45, 7) is 5.35. The van der Waals surface area contributed by atoms with Crippen molar-refractivity contribution in [3.05, 3.63) is 35.5 Å². The lowest BCUT2D eigenvalue weighted by Crippen LogP contribution is -2.28. The van der Waals surface area contributed by atoms with Crippen molar-refractivity contribution in [3.63, 3.8) is 0 Å². The zero-order valence-electron chi connectivity index (χ0n) is 9.99. The van der Waals surface area contributed by atoms with Gasteiger partial charge in [0.25, 0.3) is 0 Å². The number of aromatic nitrogens is 2. The van der Waals surface area contributed by atoms with Gasteiger partial charge in [-0.05, 0) is 44.5 Å². The zero-order chi connectivity index (χ0) is 12.6. The van der Waals surface area contributed by atoms with Gasteiger partial charge in [-0.3, -0.25) is 0 Å². The monoisotopic (exact) mass is 235 g/mol. The molecule has 0 unspecified atom stereocenters. The van der Waals surface area contributed by atoms with E-state index in [0.717, 1.165) is 11.1 Å². The quantitative estimate of drug-likeness (QED) is 0.867. The summed E-state index contributed by atoms with van der Waals surface area (Å²) < 4.78 is 18.1. The smallest absolute Gasteiger partial charge is 0.246 e. The van der Waals surface area contributed by atoms with Crippen molar-refractivity contribution < 1.29 is 8.91 Å². The Balaban J connectivity index is 2.44. The Bertz CT molecular complexity index is 543. The van der Waals surface area contributed by atoms with Crippen LogP contribution in [0.3, 0.4) is 0 Å². The predicted molar refractivity (Wildman–Crippen MR) is 61.6 cm³/mol. The summed E-state index contributed by atoms with van der Waals surface area (Å²) in [4.78, 5) is 4.22. The average molecular weight is 235 g/mol. The highest BCUT2D eigenvalue weighted by atomic mass is 19.1. The van der Waals surface area contributed by atoms with Crippen LogP contribution in [0.2, 0.25) is 0 Å². The molecule has 0 fully saturated rings. The molecule has 0 aliphatic rings. The summed E-state index contributed by atoms with van der Waals surface area (Å²) in [6.07, 6.45) is 0. The molecule has 4 nitrogen and oxygen atoms in total. The number of hydrogen-bond donors (Lipinski definition) is 1. The maximum Gasteiger partial charge on any atom is 0.246 e. The molecule has 0 atom stereocenters. The summed E-state index contributed by atoms with van der Waals surface area (Å²) in [5.41, 5.74) is 6.67. The van der Waals surface area contributed by atoms with Gasteiger partial charge < -0.3 is 10.3 Å². The maximum absolute atomic E-state index is 13.0. The third kappa shape index (κ3) is 2.34. The largest absolute Gasteiger partial charge is 0.337 e. The number of benzene rings is 1. The van der Waals surface area contributed by atoms with Crippen molar-refractivity contribution >= 4 is 0 Å². The number of hydrogen-bond acceptors (Lipinski definition) is 4. The van der Waals surface area contributed by atoms with E-state index in [2.05, 4.69) is 10.1 Å². The van der Waals surface area contributed by atoms with Gasteiger partial charge in [0.15, 0.2) is 0 Å². The maximum atomic E-state index is 13.0. The summed E-state index contributed by atoms with van der Waals surface area (Å²) in [6, 6.07) is 4.42. The van der Waals surface area contributed by atoms with Crippen LogP contribution in [-0.2, 0) is 5.54 Å². The number of aryl methyl sites for hydroxylation is 1. The minimum Gasteiger partial charge on any atom is -0.337 e. The van der Waals surface area contributed by atoms with E-state index in [1.165, 1.54) is 12.1 Å². The molecule has 0 bridgehead atoms. The molecule has 1 aromatic carbocycles. The van der Waals surface area contributed by atoms with Crippen LogP contribution in [0.25, 0.3) is 11.4 Å². The van der Waals surface area contributed by atoms with E-state index in [0.29, 0.717) is 11.7 Å². The summed E-state index contributed by atoms with van der Waals surface area (Å²) >= 11 is 0. The van der Waals surface area contributed by atoms with Gasteiger partial charge in [0, 0.05) is 5.56 Å². The lowest BCUT2D eigenvalue weighted by molar-refractivity contribution is 0.312. The van der Waals surface area contributed by atoms with Crippen molar-refractivity contribution in [2.24, 2.45) is 5.73 Å². The van der Waals surface area contributed by atoms with Crippen LogP contribution >= 0.6 is 0 Å². The van der Waals surface area contributed by atoms with E-state index < -0.39 is 5.54 Å². The number of rotatable bonds is 2. The van der Waals surface area contributed by atoms with Crippen LogP contribution in [0.15, 0.2) is 22.7 Å². The summed E-state index contributed by atoms with van der Waals surface area (Å²) in [7, 11) is 0.